The largest absolute Gasteiger partial charge is 0.465 e. The van der Waals surface area contributed by atoms with Crippen LogP contribution < -0.4 is 5.73 Å². The monoisotopic (exact) mass is 454 g/mol. The van der Waals surface area contributed by atoms with E-state index in [0.717, 1.165) is 5.56 Å². The lowest BCUT2D eigenvalue weighted by Gasteiger charge is -2.35. The zero-order valence-corrected chi connectivity index (χ0v) is 17.8. The third-order valence-electron chi connectivity index (χ3n) is 5.72. The number of esters is 1. The number of ether oxygens (including phenoxy) is 2. The van der Waals surface area contributed by atoms with E-state index in [1.165, 1.54) is 25.3 Å². The molecule has 1 heterocycles. The number of non-ortho nitro benzene ring substituents is 1. The van der Waals surface area contributed by atoms with Crippen molar-refractivity contribution in [1.82, 2.24) is 0 Å². The molecule has 0 fully saturated rings. The predicted octanol–water partition coefficient (Wildman–Crippen LogP) is 4.11. The third kappa shape index (κ3) is 3.73. The van der Waals surface area contributed by atoms with E-state index in [2.05, 4.69) is 0 Å². The van der Waals surface area contributed by atoms with E-state index in [-0.39, 0.29) is 51.4 Å². The first-order valence-corrected chi connectivity index (χ1v) is 10.2. The number of rotatable bonds is 4. The number of hydrogen-bond acceptors (Lipinski definition) is 7. The van der Waals surface area contributed by atoms with Gasteiger partial charge in [0.05, 0.1) is 18.0 Å². The second-order valence-corrected chi connectivity index (χ2v) is 7.95. The van der Waals surface area contributed by atoms with Gasteiger partial charge in [0.1, 0.15) is 11.3 Å². The maximum Gasteiger partial charge on any atom is 0.340 e. The van der Waals surface area contributed by atoms with Gasteiger partial charge in [-0.15, -0.1) is 0 Å². The van der Waals surface area contributed by atoms with Crippen molar-refractivity contribution in [3.63, 3.8) is 0 Å². The smallest absolute Gasteiger partial charge is 0.340 e. The predicted molar refractivity (Wildman–Crippen MR) is 116 cm³/mol. The molecule has 4 rings (SSSR count). The van der Waals surface area contributed by atoms with Gasteiger partial charge >= 0.3 is 5.97 Å². The average Bonchev–Trinajstić information content (AvgIpc) is 2.78. The van der Waals surface area contributed by atoms with E-state index >= 15 is 0 Å². The van der Waals surface area contributed by atoms with Crippen LogP contribution in [0.1, 0.15) is 35.8 Å². The van der Waals surface area contributed by atoms with Gasteiger partial charge < -0.3 is 15.2 Å². The number of carbonyl (C=O) groups excluding carboxylic acids is 2. The van der Waals surface area contributed by atoms with Gasteiger partial charge in [-0.05, 0) is 23.1 Å². The highest BCUT2D eigenvalue weighted by atomic mass is 35.5. The zero-order valence-electron chi connectivity index (χ0n) is 17.0. The van der Waals surface area contributed by atoms with Gasteiger partial charge in [0, 0.05) is 35.6 Å². The van der Waals surface area contributed by atoms with Crippen LogP contribution in [0.15, 0.2) is 71.3 Å². The average molecular weight is 455 g/mol. The van der Waals surface area contributed by atoms with E-state index in [0.29, 0.717) is 12.2 Å². The number of ketones is 1. The van der Waals surface area contributed by atoms with Crippen molar-refractivity contribution in [2.45, 2.75) is 24.7 Å². The molecule has 0 saturated carbocycles. The Morgan fingerprint density at radius 3 is 2.59 bits per heavy atom. The quantitative estimate of drug-likeness (QED) is 0.419. The fourth-order valence-electron chi connectivity index (χ4n) is 4.25. The molecule has 0 radical (unpaired) electrons. The molecule has 164 valence electrons. The highest BCUT2D eigenvalue weighted by molar-refractivity contribution is 6.31. The van der Waals surface area contributed by atoms with E-state index in [1.54, 1.807) is 0 Å². The molecule has 0 spiro atoms. The molecule has 0 unspecified atom stereocenters. The van der Waals surface area contributed by atoms with Crippen molar-refractivity contribution in [1.29, 1.82) is 0 Å². The summed E-state index contributed by atoms with van der Waals surface area (Å²) in [4.78, 5) is 36.8. The normalized spacial score (nSPS) is 20.5. The van der Waals surface area contributed by atoms with Crippen LogP contribution in [-0.4, -0.2) is 23.8 Å². The van der Waals surface area contributed by atoms with E-state index in [1.807, 2.05) is 30.3 Å². The van der Waals surface area contributed by atoms with Crippen molar-refractivity contribution in [3.05, 3.63) is 97.6 Å². The van der Waals surface area contributed by atoms with Gasteiger partial charge in [-0.2, -0.15) is 0 Å². The Balaban J connectivity index is 1.88. The van der Waals surface area contributed by atoms with Crippen molar-refractivity contribution in [3.8, 4) is 0 Å². The Kier molecular flexibility index (Phi) is 5.71. The summed E-state index contributed by atoms with van der Waals surface area (Å²) in [5.41, 5.74) is 7.17. The lowest BCUT2D eigenvalue weighted by atomic mass is 9.73. The molecule has 2 atom stereocenters. The molecule has 0 amide bonds. The number of nitrogens with two attached hydrogens (primary N) is 1. The lowest BCUT2D eigenvalue weighted by molar-refractivity contribution is -0.384. The minimum Gasteiger partial charge on any atom is -0.465 e. The molecule has 8 nitrogen and oxygen atoms in total. The standard InChI is InChI=1S/C23H19ClN2O6/c1-31-23(28)21-19(15-11-14(26(29)30)7-8-16(15)24)20-17(27)9-13(10-18(20)32-22(21)25)12-5-3-2-4-6-12/h2-8,11,13,19H,9-10,25H2,1H3/t13-,19+/m0/s1. The van der Waals surface area contributed by atoms with Gasteiger partial charge in [-0.25, -0.2) is 4.79 Å². The summed E-state index contributed by atoms with van der Waals surface area (Å²) in [6, 6.07) is 13.4. The molecule has 9 heteroatoms. The summed E-state index contributed by atoms with van der Waals surface area (Å²) in [6.07, 6.45) is 0.562. The summed E-state index contributed by atoms with van der Waals surface area (Å²) in [5, 5.41) is 11.5. The molecule has 2 aliphatic rings. The van der Waals surface area contributed by atoms with Crippen LogP contribution >= 0.6 is 11.6 Å². The number of nitro groups is 1. The molecule has 2 aromatic rings. The van der Waals surface area contributed by atoms with Crippen molar-refractivity contribution in [2.24, 2.45) is 5.73 Å². The third-order valence-corrected chi connectivity index (χ3v) is 6.06. The fraction of sp³-hybridized carbons (Fsp3) is 0.217. The van der Waals surface area contributed by atoms with Gasteiger partial charge in [-0.3, -0.25) is 14.9 Å². The van der Waals surface area contributed by atoms with Gasteiger partial charge in [0.15, 0.2) is 5.78 Å². The number of benzene rings is 2. The van der Waals surface area contributed by atoms with Crippen LogP contribution in [0.25, 0.3) is 0 Å². The molecule has 1 aliphatic carbocycles. The summed E-state index contributed by atoms with van der Waals surface area (Å²) in [6.45, 7) is 0. The number of allylic oxidation sites excluding steroid dienone is 2. The van der Waals surface area contributed by atoms with Gasteiger partial charge in [0.2, 0.25) is 5.88 Å². The van der Waals surface area contributed by atoms with Crippen LogP contribution in [0.5, 0.6) is 0 Å². The van der Waals surface area contributed by atoms with E-state index in [9.17, 15) is 19.7 Å². The van der Waals surface area contributed by atoms with Crippen molar-refractivity contribution in [2.75, 3.05) is 7.11 Å². The first-order chi connectivity index (χ1) is 15.3. The molecule has 0 aromatic heterocycles. The molecule has 0 saturated heterocycles. The Hall–Kier alpha value is -3.65. The van der Waals surface area contributed by atoms with Crippen molar-refractivity contribution >= 4 is 29.0 Å². The summed E-state index contributed by atoms with van der Waals surface area (Å²) >= 11 is 6.39. The molecule has 2 aromatic carbocycles. The van der Waals surface area contributed by atoms with Crippen LogP contribution in [-0.2, 0) is 19.1 Å². The second kappa shape index (κ2) is 8.47. The fourth-order valence-corrected chi connectivity index (χ4v) is 4.48. The minimum absolute atomic E-state index is 0.111. The second-order valence-electron chi connectivity index (χ2n) is 7.54. The summed E-state index contributed by atoms with van der Waals surface area (Å²) < 4.78 is 10.6. The van der Waals surface area contributed by atoms with Gasteiger partial charge in [0.25, 0.3) is 5.69 Å². The van der Waals surface area contributed by atoms with E-state index < -0.39 is 16.8 Å². The SMILES string of the molecule is COC(=O)C1=C(N)OC2=C(C(=O)C[C@H](c3ccccc3)C2)[C@H]1c1cc([N+](=O)[O-])ccc1Cl. The number of halogens is 1. The Bertz CT molecular complexity index is 1190. The highest BCUT2D eigenvalue weighted by Gasteiger charge is 2.44. The first-order valence-electron chi connectivity index (χ1n) is 9.82. The molecular weight excluding hydrogens is 436 g/mol. The van der Waals surface area contributed by atoms with Gasteiger partial charge in [-0.1, -0.05) is 41.9 Å². The maximum absolute atomic E-state index is 13.4. The molecule has 32 heavy (non-hydrogen) atoms. The molecule has 0 bridgehead atoms. The number of nitro benzene ring substituents is 1. The zero-order chi connectivity index (χ0) is 23.0. The number of methoxy groups -OCH3 is 1. The highest BCUT2D eigenvalue weighted by Crippen LogP contribution is 2.48. The maximum atomic E-state index is 13.4. The molecule has 2 N–H and O–H groups in total. The molecule has 1 aliphatic heterocycles. The van der Waals surface area contributed by atoms with Crippen LogP contribution in [0.4, 0.5) is 5.69 Å². The van der Waals surface area contributed by atoms with Crippen LogP contribution in [0.3, 0.4) is 0 Å². The summed E-state index contributed by atoms with van der Waals surface area (Å²) in [5.74, 6) is -2.11. The van der Waals surface area contributed by atoms with Crippen molar-refractivity contribution < 1.29 is 24.0 Å². The number of nitrogens with zero attached hydrogens (tertiary/aromatic N) is 1. The lowest BCUT2D eigenvalue weighted by Crippen LogP contribution is -2.33. The number of hydrogen-bond donors (Lipinski definition) is 1. The minimum atomic E-state index is -1.04. The Morgan fingerprint density at radius 2 is 1.94 bits per heavy atom. The first kappa shape index (κ1) is 21.6. The number of carbonyl (C=O) groups is 2. The van der Waals surface area contributed by atoms with Crippen LogP contribution in [0, 0.1) is 10.1 Å². The topological polar surface area (TPSA) is 122 Å². The molecular formula is C23H19ClN2O6. The van der Waals surface area contributed by atoms with Crippen LogP contribution in [0.2, 0.25) is 5.02 Å². The summed E-state index contributed by atoms with van der Waals surface area (Å²) in [7, 11) is 1.17. The Morgan fingerprint density at radius 1 is 1.22 bits per heavy atom. The van der Waals surface area contributed by atoms with E-state index in [4.69, 9.17) is 26.8 Å². The number of Topliss-reactive ketones (excluding diaryl/α,β-unsaturated/α-hetero) is 1. The Labute approximate surface area is 188 Å².